The van der Waals surface area contributed by atoms with Gasteiger partial charge < -0.3 is 25.2 Å². The predicted octanol–water partition coefficient (Wildman–Crippen LogP) is 0.00480. The molecule has 0 aromatic rings. The Morgan fingerprint density at radius 3 is 2.25 bits per heavy atom. The molecule has 0 aromatic heterocycles. The van der Waals surface area contributed by atoms with E-state index in [1.807, 2.05) is 0 Å². The summed E-state index contributed by atoms with van der Waals surface area (Å²) in [6, 6.07) is 0.732. The van der Waals surface area contributed by atoms with Crippen molar-refractivity contribution in [2.24, 2.45) is 0 Å². The van der Waals surface area contributed by atoms with Crippen molar-refractivity contribution in [1.82, 2.24) is 10.2 Å². The van der Waals surface area contributed by atoms with Gasteiger partial charge in [0, 0.05) is 19.2 Å². The van der Waals surface area contributed by atoms with Crippen LogP contribution in [-0.2, 0) is 14.3 Å². The number of carbonyl (C=O) groups is 2. The van der Waals surface area contributed by atoms with Crippen molar-refractivity contribution in [1.29, 1.82) is 0 Å². The smallest absolute Gasteiger partial charge is 0.414 e. The zero-order valence-electron chi connectivity index (χ0n) is 11.9. The number of hydrogen-bond donors (Lipinski definition) is 3. The van der Waals surface area contributed by atoms with Crippen molar-refractivity contribution in [3.05, 3.63) is 0 Å². The Bertz CT molecular complexity index is 298. The molecule has 116 valence electrons. The number of piperidine rings is 1. The van der Waals surface area contributed by atoms with Gasteiger partial charge in [-0.25, -0.2) is 9.59 Å². The van der Waals surface area contributed by atoms with Crippen LogP contribution >= 0.6 is 0 Å². The number of rotatable bonds is 3. The molecule has 0 aliphatic carbocycles. The van der Waals surface area contributed by atoms with Crippen molar-refractivity contribution in [3.63, 3.8) is 0 Å². The summed E-state index contributed by atoms with van der Waals surface area (Å²) in [5.74, 6) is -3.65. The van der Waals surface area contributed by atoms with Gasteiger partial charge in [-0.15, -0.1) is 0 Å². The molecule has 0 saturated carbocycles. The summed E-state index contributed by atoms with van der Waals surface area (Å²) < 4.78 is 5.59. The maximum atomic E-state index is 9.10. The molecule has 0 spiro atoms. The van der Waals surface area contributed by atoms with Crippen LogP contribution in [-0.4, -0.2) is 72.5 Å². The van der Waals surface area contributed by atoms with Gasteiger partial charge in [0.15, 0.2) is 0 Å². The van der Waals surface area contributed by atoms with E-state index in [1.165, 1.54) is 38.8 Å². The maximum absolute atomic E-state index is 9.10. The first-order valence-electron chi connectivity index (χ1n) is 6.98. The van der Waals surface area contributed by atoms with Crippen LogP contribution < -0.4 is 5.32 Å². The summed E-state index contributed by atoms with van der Waals surface area (Å²) in [7, 11) is 2.20. The highest BCUT2D eigenvalue weighted by atomic mass is 16.5. The Hall–Kier alpha value is -1.18. The Balaban J connectivity index is 0.000000286. The Labute approximate surface area is 118 Å². The van der Waals surface area contributed by atoms with Gasteiger partial charge in [0.05, 0.1) is 6.10 Å². The van der Waals surface area contributed by atoms with Crippen LogP contribution in [0.4, 0.5) is 0 Å². The molecule has 2 aliphatic rings. The van der Waals surface area contributed by atoms with Crippen LogP contribution in [0.1, 0.15) is 25.7 Å². The molecule has 1 unspecified atom stereocenters. The summed E-state index contributed by atoms with van der Waals surface area (Å²) >= 11 is 0. The highest BCUT2D eigenvalue weighted by Gasteiger charge is 2.19. The molecule has 20 heavy (non-hydrogen) atoms. The van der Waals surface area contributed by atoms with E-state index in [9.17, 15) is 0 Å². The molecule has 2 saturated heterocycles. The molecule has 0 bridgehead atoms. The molecule has 0 radical (unpaired) electrons. The second-order valence-corrected chi connectivity index (χ2v) is 5.23. The Morgan fingerprint density at radius 2 is 1.80 bits per heavy atom. The molecule has 2 heterocycles. The fourth-order valence-corrected chi connectivity index (χ4v) is 2.32. The minimum absolute atomic E-state index is 0.495. The van der Waals surface area contributed by atoms with Crippen LogP contribution in [0, 0.1) is 0 Å². The van der Waals surface area contributed by atoms with Crippen molar-refractivity contribution >= 4 is 11.9 Å². The van der Waals surface area contributed by atoms with E-state index in [0.29, 0.717) is 6.10 Å². The van der Waals surface area contributed by atoms with E-state index in [1.54, 1.807) is 0 Å². The first-order chi connectivity index (χ1) is 9.49. The predicted molar refractivity (Wildman–Crippen MR) is 72.8 cm³/mol. The number of nitrogens with one attached hydrogen (secondary N) is 1. The average Bonchev–Trinajstić information content (AvgIpc) is 2.92. The summed E-state index contributed by atoms with van der Waals surface area (Å²) in [4.78, 5) is 20.6. The lowest BCUT2D eigenvalue weighted by molar-refractivity contribution is -0.159. The second-order valence-electron chi connectivity index (χ2n) is 5.23. The molecule has 7 nitrogen and oxygen atoms in total. The van der Waals surface area contributed by atoms with E-state index >= 15 is 0 Å². The van der Waals surface area contributed by atoms with E-state index in [-0.39, 0.29) is 0 Å². The lowest BCUT2D eigenvalue weighted by Crippen LogP contribution is -2.43. The van der Waals surface area contributed by atoms with E-state index in [2.05, 4.69) is 17.3 Å². The molecule has 0 aromatic carbocycles. The minimum atomic E-state index is -1.82. The fraction of sp³-hybridized carbons (Fsp3) is 0.846. The van der Waals surface area contributed by atoms with Gasteiger partial charge >= 0.3 is 11.9 Å². The van der Waals surface area contributed by atoms with E-state index in [4.69, 9.17) is 24.5 Å². The van der Waals surface area contributed by atoms with Crippen LogP contribution in [0.3, 0.4) is 0 Å². The van der Waals surface area contributed by atoms with E-state index < -0.39 is 11.9 Å². The van der Waals surface area contributed by atoms with Gasteiger partial charge in [0.2, 0.25) is 0 Å². The van der Waals surface area contributed by atoms with Gasteiger partial charge in [-0.3, -0.25) is 0 Å². The molecular weight excluding hydrogens is 264 g/mol. The molecule has 2 rings (SSSR count). The number of aliphatic carboxylic acids is 2. The topological polar surface area (TPSA) is 99.1 Å². The third-order valence-corrected chi connectivity index (χ3v) is 3.56. The lowest BCUT2D eigenvalue weighted by Gasteiger charge is -2.30. The zero-order chi connectivity index (χ0) is 15.0. The quantitative estimate of drug-likeness (QED) is 0.629. The average molecular weight is 288 g/mol. The lowest BCUT2D eigenvalue weighted by atomic mass is 10.1. The van der Waals surface area contributed by atoms with Gasteiger partial charge in [0.1, 0.15) is 0 Å². The zero-order valence-corrected chi connectivity index (χ0v) is 11.9. The SMILES string of the molecule is CN1CCC(NCC2CCCO2)CC1.O=C(O)C(=O)O. The highest BCUT2D eigenvalue weighted by molar-refractivity contribution is 6.27. The maximum Gasteiger partial charge on any atom is 0.414 e. The third kappa shape index (κ3) is 6.83. The van der Waals surface area contributed by atoms with Crippen molar-refractivity contribution in [2.75, 3.05) is 33.3 Å². The molecule has 2 aliphatic heterocycles. The van der Waals surface area contributed by atoms with Crippen LogP contribution in [0.2, 0.25) is 0 Å². The molecule has 3 N–H and O–H groups in total. The normalized spacial score (nSPS) is 23.9. The van der Waals surface area contributed by atoms with Gasteiger partial charge in [-0.2, -0.15) is 0 Å². The van der Waals surface area contributed by atoms with Crippen LogP contribution in [0.5, 0.6) is 0 Å². The number of carboxylic acids is 2. The minimum Gasteiger partial charge on any atom is -0.473 e. The first kappa shape index (κ1) is 16.9. The van der Waals surface area contributed by atoms with Crippen molar-refractivity contribution in [3.8, 4) is 0 Å². The summed E-state index contributed by atoms with van der Waals surface area (Å²) in [6.45, 7) is 4.51. The Kier molecular flexibility index (Phi) is 7.50. The number of nitrogens with zero attached hydrogens (tertiary/aromatic N) is 1. The number of ether oxygens (including phenoxy) is 1. The summed E-state index contributed by atoms with van der Waals surface area (Å²) in [5, 5.41) is 18.4. The number of hydrogen-bond acceptors (Lipinski definition) is 5. The molecule has 7 heteroatoms. The molecule has 0 amide bonds. The molecule has 1 atom stereocenters. The van der Waals surface area contributed by atoms with E-state index in [0.717, 1.165) is 19.2 Å². The fourth-order valence-electron chi connectivity index (χ4n) is 2.32. The van der Waals surface area contributed by atoms with Gasteiger partial charge in [-0.05, 0) is 45.8 Å². The van der Waals surface area contributed by atoms with Crippen LogP contribution in [0.15, 0.2) is 0 Å². The monoisotopic (exact) mass is 288 g/mol. The molecular formula is C13H24N2O5. The second kappa shape index (κ2) is 8.89. The van der Waals surface area contributed by atoms with Gasteiger partial charge in [-0.1, -0.05) is 0 Å². The summed E-state index contributed by atoms with van der Waals surface area (Å²) in [5.41, 5.74) is 0. The summed E-state index contributed by atoms with van der Waals surface area (Å²) in [6.07, 6.45) is 5.58. The standard InChI is InChI=1S/C11H22N2O.C2H2O4/c1-13-6-4-10(5-7-13)12-9-11-3-2-8-14-11;3-1(4)2(5)6/h10-12H,2-9H2,1H3;(H,3,4)(H,5,6). The Morgan fingerprint density at radius 1 is 1.20 bits per heavy atom. The molecule has 2 fully saturated rings. The first-order valence-corrected chi connectivity index (χ1v) is 6.98. The largest absolute Gasteiger partial charge is 0.473 e. The van der Waals surface area contributed by atoms with Gasteiger partial charge in [0.25, 0.3) is 0 Å². The third-order valence-electron chi connectivity index (χ3n) is 3.56. The number of carboxylic acid groups (broad SMARTS) is 2. The van der Waals surface area contributed by atoms with Crippen molar-refractivity contribution < 1.29 is 24.5 Å². The van der Waals surface area contributed by atoms with Crippen molar-refractivity contribution in [2.45, 2.75) is 37.8 Å². The number of likely N-dealkylation sites (tertiary alicyclic amines) is 1. The highest BCUT2D eigenvalue weighted by Crippen LogP contribution is 2.13. The van der Waals surface area contributed by atoms with Crippen LogP contribution in [0.25, 0.3) is 0 Å².